The van der Waals surface area contributed by atoms with Crippen LogP contribution in [-0.2, 0) is 18.9 Å². The van der Waals surface area contributed by atoms with Crippen molar-refractivity contribution in [2.24, 2.45) is 23.7 Å². The van der Waals surface area contributed by atoms with Crippen molar-refractivity contribution in [1.82, 2.24) is 0 Å². The van der Waals surface area contributed by atoms with Crippen molar-refractivity contribution < 1.29 is 18.9 Å². The Morgan fingerprint density at radius 1 is 0.467 bits per heavy atom. The number of rotatable bonds is 8. The molecule has 4 unspecified atom stereocenters. The van der Waals surface area contributed by atoms with Gasteiger partial charge in [-0.2, -0.15) is 0 Å². The predicted octanol–water partition coefficient (Wildman–Crippen LogP) is 5.57. The maximum absolute atomic E-state index is 5.89. The van der Waals surface area contributed by atoms with Gasteiger partial charge in [-0.3, -0.25) is 0 Å². The fraction of sp³-hybridized carbons (Fsp3) is 0.846. The standard InChI is InChI=1S/C26H44O4/c1-27-23-13-7-19(8-14-23)5-11-21-17-22(26(30-4)18-25(21)29-3)12-6-20-9-15-24(28-2)16-10-20/h5-6,11-12,19-26H,7-10,13-18H2,1-4H3/b11-5+,12-6+. The quantitative estimate of drug-likeness (QED) is 0.481. The van der Waals surface area contributed by atoms with Crippen LogP contribution < -0.4 is 0 Å². The molecule has 3 aliphatic rings. The first-order valence-electron chi connectivity index (χ1n) is 12.1. The van der Waals surface area contributed by atoms with Crippen LogP contribution in [-0.4, -0.2) is 52.9 Å². The molecule has 3 aliphatic carbocycles. The third-order valence-electron chi connectivity index (χ3n) is 7.93. The summed E-state index contributed by atoms with van der Waals surface area (Å²) in [5, 5.41) is 0. The molecule has 4 heteroatoms. The molecule has 0 aromatic carbocycles. The van der Waals surface area contributed by atoms with E-state index < -0.39 is 0 Å². The Labute approximate surface area is 184 Å². The molecule has 0 N–H and O–H groups in total. The summed E-state index contributed by atoms with van der Waals surface area (Å²) in [6.07, 6.45) is 23.1. The van der Waals surface area contributed by atoms with Crippen LogP contribution in [0.1, 0.15) is 64.2 Å². The molecule has 30 heavy (non-hydrogen) atoms. The van der Waals surface area contributed by atoms with E-state index in [-0.39, 0.29) is 12.2 Å². The zero-order valence-corrected chi connectivity index (χ0v) is 19.6. The highest BCUT2D eigenvalue weighted by atomic mass is 16.5. The Balaban J connectivity index is 1.57. The van der Waals surface area contributed by atoms with Gasteiger partial charge in [-0.25, -0.2) is 0 Å². The first-order valence-corrected chi connectivity index (χ1v) is 12.1. The molecule has 0 amide bonds. The predicted molar refractivity (Wildman–Crippen MR) is 122 cm³/mol. The molecule has 0 aromatic rings. The highest BCUT2D eigenvalue weighted by Gasteiger charge is 2.35. The zero-order chi connectivity index (χ0) is 21.3. The molecule has 172 valence electrons. The summed E-state index contributed by atoms with van der Waals surface area (Å²) in [4.78, 5) is 0. The van der Waals surface area contributed by atoms with Gasteiger partial charge < -0.3 is 18.9 Å². The molecular weight excluding hydrogens is 376 g/mol. The maximum atomic E-state index is 5.89. The van der Waals surface area contributed by atoms with Crippen LogP contribution in [0.15, 0.2) is 24.3 Å². The van der Waals surface area contributed by atoms with Crippen molar-refractivity contribution in [3.05, 3.63) is 24.3 Å². The van der Waals surface area contributed by atoms with Gasteiger partial charge in [0.05, 0.1) is 24.4 Å². The van der Waals surface area contributed by atoms with Gasteiger partial charge in [0, 0.05) is 46.7 Å². The van der Waals surface area contributed by atoms with Gasteiger partial charge in [-0.05, 0) is 69.6 Å². The van der Waals surface area contributed by atoms with E-state index in [0.29, 0.717) is 35.9 Å². The Morgan fingerprint density at radius 2 is 0.867 bits per heavy atom. The highest BCUT2D eigenvalue weighted by molar-refractivity contribution is 5.06. The summed E-state index contributed by atoms with van der Waals surface area (Å²) in [5.41, 5.74) is 0. The summed E-state index contributed by atoms with van der Waals surface area (Å²) in [6, 6.07) is 0. The number of allylic oxidation sites excluding steroid dienone is 2. The van der Waals surface area contributed by atoms with E-state index in [2.05, 4.69) is 24.3 Å². The van der Waals surface area contributed by atoms with Gasteiger partial charge in [0.25, 0.3) is 0 Å². The second kappa shape index (κ2) is 12.4. The highest BCUT2D eigenvalue weighted by Crippen LogP contribution is 2.37. The number of hydrogen-bond donors (Lipinski definition) is 0. The molecule has 3 saturated carbocycles. The van der Waals surface area contributed by atoms with Crippen LogP contribution in [0.25, 0.3) is 0 Å². The fourth-order valence-electron chi connectivity index (χ4n) is 5.78. The number of ether oxygens (including phenoxy) is 4. The van der Waals surface area contributed by atoms with Crippen LogP contribution in [0, 0.1) is 23.7 Å². The van der Waals surface area contributed by atoms with E-state index in [1.807, 2.05) is 28.4 Å². The second-order valence-corrected chi connectivity index (χ2v) is 9.66. The van der Waals surface area contributed by atoms with E-state index in [4.69, 9.17) is 18.9 Å². The molecule has 4 nitrogen and oxygen atoms in total. The van der Waals surface area contributed by atoms with Crippen molar-refractivity contribution in [2.75, 3.05) is 28.4 Å². The van der Waals surface area contributed by atoms with Crippen molar-refractivity contribution in [3.8, 4) is 0 Å². The Hall–Kier alpha value is -0.680. The van der Waals surface area contributed by atoms with Crippen LogP contribution in [0.5, 0.6) is 0 Å². The van der Waals surface area contributed by atoms with E-state index >= 15 is 0 Å². The van der Waals surface area contributed by atoms with Gasteiger partial charge >= 0.3 is 0 Å². The minimum Gasteiger partial charge on any atom is -0.381 e. The van der Waals surface area contributed by atoms with Crippen molar-refractivity contribution in [1.29, 1.82) is 0 Å². The Bertz CT molecular complexity index is 483. The molecular formula is C26H44O4. The minimum atomic E-state index is 0.253. The van der Waals surface area contributed by atoms with Crippen LogP contribution >= 0.6 is 0 Å². The van der Waals surface area contributed by atoms with Crippen LogP contribution in [0.2, 0.25) is 0 Å². The second-order valence-electron chi connectivity index (χ2n) is 9.66. The number of hydrogen-bond acceptors (Lipinski definition) is 4. The number of methoxy groups -OCH3 is 4. The molecule has 0 heterocycles. The van der Waals surface area contributed by atoms with Gasteiger partial charge in [0.1, 0.15) is 0 Å². The summed E-state index contributed by atoms with van der Waals surface area (Å²) in [5.74, 6) is 2.33. The molecule has 0 saturated heterocycles. The van der Waals surface area contributed by atoms with E-state index in [9.17, 15) is 0 Å². The summed E-state index contributed by atoms with van der Waals surface area (Å²) in [7, 11) is 7.39. The molecule has 0 bridgehead atoms. The van der Waals surface area contributed by atoms with Crippen molar-refractivity contribution in [2.45, 2.75) is 88.6 Å². The van der Waals surface area contributed by atoms with Crippen molar-refractivity contribution in [3.63, 3.8) is 0 Å². The SMILES string of the molecule is COC1CCC(/C=C/C2CC(/C=C/C3CCC(OC)CC3)C(OC)CC2OC)CC1. The van der Waals surface area contributed by atoms with Crippen molar-refractivity contribution >= 4 is 0 Å². The summed E-state index contributed by atoms with van der Waals surface area (Å²) in [6.45, 7) is 0. The van der Waals surface area contributed by atoms with Crippen LogP contribution in [0.4, 0.5) is 0 Å². The minimum absolute atomic E-state index is 0.253. The normalized spacial score (nSPS) is 40.9. The molecule has 0 radical (unpaired) electrons. The third-order valence-corrected chi connectivity index (χ3v) is 7.93. The smallest absolute Gasteiger partial charge is 0.0659 e. The fourth-order valence-corrected chi connectivity index (χ4v) is 5.78. The molecule has 3 fully saturated rings. The molecule has 3 rings (SSSR count). The average molecular weight is 421 g/mol. The molecule has 4 atom stereocenters. The van der Waals surface area contributed by atoms with Gasteiger partial charge in [0.15, 0.2) is 0 Å². The lowest BCUT2D eigenvalue weighted by molar-refractivity contribution is -0.0487. The monoisotopic (exact) mass is 420 g/mol. The van der Waals surface area contributed by atoms with Crippen LogP contribution in [0.3, 0.4) is 0 Å². The summed E-state index contributed by atoms with van der Waals surface area (Å²) < 4.78 is 22.8. The lowest BCUT2D eigenvalue weighted by Gasteiger charge is -2.38. The molecule has 0 spiro atoms. The van der Waals surface area contributed by atoms with E-state index in [0.717, 1.165) is 12.8 Å². The molecule has 0 aromatic heterocycles. The van der Waals surface area contributed by atoms with E-state index in [1.165, 1.54) is 51.4 Å². The first kappa shape index (κ1) is 24.0. The van der Waals surface area contributed by atoms with Gasteiger partial charge in [0.2, 0.25) is 0 Å². The largest absolute Gasteiger partial charge is 0.381 e. The summed E-state index contributed by atoms with van der Waals surface area (Å²) >= 11 is 0. The Morgan fingerprint density at radius 3 is 1.20 bits per heavy atom. The maximum Gasteiger partial charge on any atom is 0.0659 e. The average Bonchev–Trinajstić information content (AvgIpc) is 2.81. The third kappa shape index (κ3) is 6.66. The Kier molecular flexibility index (Phi) is 9.89. The van der Waals surface area contributed by atoms with Gasteiger partial charge in [-0.1, -0.05) is 24.3 Å². The van der Waals surface area contributed by atoms with Gasteiger partial charge in [-0.15, -0.1) is 0 Å². The first-order chi connectivity index (χ1) is 14.7. The lowest BCUT2D eigenvalue weighted by Crippen LogP contribution is -2.39. The lowest BCUT2D eigenvalue weighted by atomic mass is 9.75. The topological polar surface area (TPSA) is 36.9 Å². The molecule has 0 aliphatic heterocycles. The van der Waals surface area contributed by atoms with E-state index in [1.54, 1.807) is 0 Å². The zero-order valence-electron chi connectivity index (χ0n) is 19.6.